The first kappa shape index (κ1) is 12.7. The van der Waals surface area contributed by atoms with E-state index in [1.165, 1.54) is 29.7 Å². The van der Waals surface area contributed by atoms with Crippen LogP contribution >= 0.6 is 11.3 Å². The third-order valence-electron chi connectivity index (χ3n) is 3.17. The summed E-state index contributed by atoms with van der Waals surface area (Å²) in [4.78, 5) is 16.7. The van der Waals surface area contributed by atoms with Crippen LogP contribution in [-0.2, 0) is 6.42 Å². The van der Waals surface area contributed by atoms with Crippen molar-refractivity contribution in [3.8, 4) is 0 Å². The molecule has 3 aromatic rings. The van der Waals surface area contributed by atoms with Gasteiger partial charge in [0.25, 0.3) is 5.91 Å². The first-order valence-electron chi connectivity index (χ1n) is 6.04. The van der Waals surface area contributed by atoms with Gasteiger partial charge in [-0.15, -0.1) is 11.3 Å². The number of carbonyl (C=O) groups excluding carboxylic acids is 1. The van der Waals surface area contributed by atoms with Crippen LogP contribution in [0.1, 0.15) is 21.5 Å². The van der Waals surface area contributed by atoms with Gasteiger partial charge in [-0.1, -0.05) is 12.1 Å². The maximum Gasteiger partial charge on any atom is 0.250 e. The van der Waals surface area contributed by atoms with Gasteiger partial charge >= 0.3 is 0 Å². The molecule has 100 valence electrons. The molecule has 1 aromatic carbocycles. The number of hydrogen-bond acceptors (Lipinski definition) is 3. The van der Waals surface area contributed by atoms with E-state index in [2.05, 4.69) is 4.98 Å². The van der Waals surface area contributed by atoms with E-state index in [0.29, 0.717) is 12.0 Å². The number of fused-ring (bicyclic) bond motifs is 1. The van der Waals surface area contributed by atoms with E-state index < -0.39 is 5.91 Å². The van der Waals surface area contributed by atoms with Crippen molar-refractivity contribution >= 4 is 27.5 Å². The summed E-state index contributed by atoms with van der Waals surface area (Å²) < 4.78 is 13.0. The van der Waals surface area contributed by atoms with Gasteiger partial charge in [0.2, 0.25) is 0 Å². The maximum atomic E-state index is 13.0. The fourth-order valence-electron chi connectivity index (χ4n) is 2.19. The van der Waals surface area contributed by atoms with Crippen LogP contribution in [0.25, 0.3) is 10.2 Å². The molecule has 0 saturated heterocycles. The smallest absolute Gasteiger partial charge is 0.250 e. The van der Waals surface area contributed by atoms with Gasteiger partial charge < -0.3 is 5.73 Å². The second-order valence-electron chi connectivity index (χ2n) is 4.46. The van der Waals surface area contributed by atoms with Gasteiger partial charge in [-0.2, -0.15) is 0 Å². The van der Waals surface area contributed by atoms with Gasteiger partial charge in [-0.25, -0.2) is 9.37 Å². The second kappa shape index (κ2) is 5.02. The molecule has 0 aliphatic rings. The fraction of sp³-hybridized carbons (Fsp3) is 0.0667. The molecule has 0 unspecified atom stereocenters. The SMILES string of the molecule is NC(=O)c1cnc2sccc2c1Cc1ccc(F)cc1. The lowest BCUT2D eigenvalue weighted by Gasteiger charge is -2.08. The van der Waals surface area contributed by atoms with Crippen molar-refractivity contribution in [3.63, 3.8) is 0 Å². The molecule has 5 heteroatoms. The standard InChI is InChI=1S/C15H11FN2OS/c16-10-3-1-9(2-4-10)7-12-11-5-6-20-15(11)18-8-13(12)14(17)19/h1-6,8H,7H2,(H2,17,19). The quantitative estimate of drug-likeness (QED) is 0.804. The van der Waals surface area contributed by atoms with Crippen molar-refractivity contribution in [2.45, 2.75) is 6.42 Å². The normalized spacial score (nSPS) is 10.8. The number of thiophene rings is 1. The summed E-state index contributed by atoms with van der Waals surface area (Å²) in [6.07, 6.45) is 2.04. The minimum Gasteiger partial charge on any atom is -0.366 e. The Balaban J connectivity index is 2.12. The average molecular weight is 286 g/mol. The Hall–Kier alpha value is -2.27. The Morgan fingerprint density at radius 3 is 2.70 bits per heavy atom. The highest BCUT2D eigenvalue weighted by Crippen LogP contribution is 2.27. The number of pyridine rings is 1. The number of hydrogen-bond donors (Lipinski definition) is 1. The zero-order chi connectivity index (χ0) is 14.1. The van der Waals surface area contributed by atoms with Crippen LogP contribution in [0, 0.1) is 5.82 Å². The highest BCUT2D eigenvalue weighted by Gasteiger charge is 2.14. The fourth-order valence-corrected chi connectivity index (χ4v) is 2.95. The van der Waals surface area contributed by atoms with Gasteiger partial charge in [0.15, 0.2) is 0 Å². The molecule has 2 heterocycles. The number of amides is 1. The summed E-state index contributed by atoms with van der Waals surface area (Å²) in [6.45, 7) is 0. The molecule has 0 saturated carbocycles. The summed E-state index contributed by atoms with van der Waals surface area (Å²) >= 11 is 1.51. The van der Waals surface area contributed by atoms with Gasteiger partial charge in [0, 0.05) is 11.6 Å². The van der Waals surface area contributed by atoms with E-state index in [1.54, 1.807) is 12.1 Å². The van der Waals surface area contributed by atoms with Crippen LogP contribution in [0.2, 0.25) is 0 Å². The van der Waals surface area contributed by atoms with E-state index in [-0.39, 0.29) is 5.82 Å². The molecule has 0 aliphatic carbocycles. The minimum atomic E-state index is -0.497. The molecule has 3 rings (SSSR count). The topological polar surface area (TPSA) is 56.0 Å². The Bertz CT molecular complexity index is 780. The number of halogens is 1. The van der Waals surface area contributed by atoms with Crippen LogP contribution in [0.15, 0.2) is 41.9 Å². The molecular formula is C15H11FN2OS. The number of primary amides is 1. The number of aromatic nitrogens is 1. The molecule has 0 fully saturated rings. The lowest BCUT2D eigenvalue weighted by atomic mass is 9.98. The lowest BCUT2D eigenvalue weighted by Crippen LogP contribution is -2.14. The van der Waals surface area contributed by atoms with Gasteiger partial charge in [0.05, 0.1) is 5.56 Å². The summed E-state index contributed by atoms with van der Waals surface area (Å²) in [7, 11) is 0. The van der Waals surface area contributed by atoms with Gasteiger partial charge in [0.1, 0.15) is 10.6 Å². The first-order valence-corrected chi connectivity index (χ1v) is 6.92. The maximum absolute atomic E-state index is 13.0. The molecule has 2 N–H and O–H groups in total. The average Bonchev–Trinajstić information content (AvgIpc) is 2.90. The third-order valence-corrected chi connectivity index (χ3v) is 3.99. The molecule has 0 spiro atoms. The van der Waals surface area contributed by atoms with Crippen LogP contribution < -0.4 is 5.73 Å². The van der Waals surface area contributed by atoms with Crippen molar-refractivity contribution in [2.75, 3.05) is 0 Å². The van der Waals surface area contributed by atoms with Crippen LogP contribution in [-0.4, -0.2) is 10.9 Å². The monoisotopic (exact) mass is 286 g/mol. The minimum absolute atomic E-state index is 0.278. The van der Waals surface area contributed by atoms with Crippen molar-refractivity contribution in [1.29, 1.82) is 0 Å². The Morgan fingerprint density at radius 2 is 2.00 bits per heavy atom. The highest BCUT2D eigenvalue weighted by atomic mass is 32.1. The van der Waals surface area contributed by atoms with E-state index in [9.17, 15) is 9.18 Å². The first-order chi connectivity index (χ1) is 9.65. The predicted octanol–water partition coefficient (Wildman–Crippen LogP) is 3.13. The van der Waals surface area contributed by atoms with E-state index in [1.807, 2.05) is 11.4 Å². The molecule has 0 bridgehead atoms. The van der Waals surface area contributed by atoms with E-state index >= 15 is 0 Å². The van der Waals surface area contributed by atoms with E-state index in [4.69, 9.17) is 5.73 Å². The zero-order valence-electron chi connectivity index (χ0n) is 10.5. The summed E-state index contributed by atoms with van der Waals surface area (Å²) in [6, 6.07) is 8.16. The highest BCUT2D eigenvalue weighted by molar-refractivity contribution is 7.16. The van der Waals surface area contributed by atoms with Crippen molar-refractivity contribution in [1.82, 2.24) is 4.98 Å². The van der Waals surface area contributed by atoms with Crippen LogP contribution in [0.5, 0.6) is 0 Å². The predicted molar refractivity (Wildman–Crippen MR) is 77.3 cm³/mol. The van der Waals surface area contributed by atoms with Crippen LogP contribution in [0.4, 0.5) is 4.39 Å². The molecule has 1 amide bonds. The molecule has 0 atom stereocenters. The Labute approximate surface area is 118 Å². The summed E-state index contributed by atoms with van der Waals surface area (Å²) in [5.41, 5.74) is 7.60. The molecule has 3 nitrogen and oxygen atoms in total. The molecule has 0 aliphatic heterocycles. The third kappa shape index (κ3) is 2.28. The Morgan fingerprint density at radius 1 is 1.25 bits per heavy atom. The molecule has 20 heavy (non-hydrogen) atoms. The number of nitrogens with two attached hydrogens (primary N) is 1. The zero-order valence-corrected chi connectivity index (χ0v) is 11.3. The van der Waals surface area contributed by atoms with Gasteiger partial charge in [-0.3, -0.25) is 4.79 Å². The lowest BCUT2D eigenvalue weighted by molar-refractivity contribution is 0.0999. The summed E-state index contributed by atoms with van der Waals surface area (Å²) in [5.74, 6) is -0.776. The van der Waals surface area contributed by atoms with Gasteiger partial charge in [-0.05, 0) is 41.1 Å². The molecular weight excluding hydrogens is 275 g/mol. The summed E-state index contributed by atoms with van der Waals surface area (Å²) in [5, 5.41) is 2.85. The van der Waals surface area contributed by atoms with Crippen molar-refractivity contribution < 1.29 is 9.18 Å². The van der Waals surface area contributed by atoms with Crippen molar-refractivity contribution in [2.24, 2.45) is 5.73 Å². The van der Waals surface area contributed by atoms with E-state index in [0.717, 1.165) is 21.3 Å². The van der Waals surface area contributed by atoms with Crippen molar-refractivity contribution in [3.05, 3.63) is 64.4 Å². The number of nitrogens with zero attached hydrogens (tertiary/aromatic N) is 1. The second-order valence-corrected chi connectivity index (χ2v) is 5.35. The molecule has 0 radical (unpaired) electrons. The number of rotatable bonds is 3. The largest absolute Gasteiger partial charge is 0.366 e. The van der Waals surface area contributed by atoms with Crippen LogP contribution in [0.3, 0.4) is 0 Å². The molecule has 2 aromatic heterocycles. The number of carbonyl (C=O) groups is 1. The Kier molecular flexibility index (Phi) is 3.20. The number of benzene rings is 1.